The maximum absolute atomic E-state index is 4.05. The van der Waals surface area contributed by atoms with Crippen molar-refractivity contribution >= 4 is 45.5 Å². The summed E-state index contributed by atoms with van der Waals surface area (Å²) in [4.78, 5) is 4.93. The molecule has 3 nitrogen and oxygen atoms in total. The summed E-state index contributed by atoms with van der Waals surface area (Å²) >= 11 is 0. The normalized spacial score (nSPS) is 15.3. The molecule has 0 bridgehead atoms. The van der Waals surface area contributed by atoms with E-state index in [0.29, 0.717) is 0 Å². The molecule has 12 rings (SSSR count). The van der Waals surface area contributed by atoms with Crippen LogP contribution < -0.4 is 15.1 Å². The molecule has 0 aromatic heterocycles. The van der Waals surface area contributed by atoms with E-state index in [1.54, 1.807) is 0 Å². The van der Waals surface area contributed by atoms with Crippen molar-refractivity contribution in [1.29, 1.82) is 0 Å². The second-order valence-corrected chi connectivity index (χ2v) is 24.3. The van der Waals surface area contributed by atoms with Crippen LogP contribution in [-0.4, -0.2) is 0 Å². The van der Waals surface area contributed by atoms with Gasteiger partial charge in [-0.15, -0.1) is 0 Å². The average Bonchev–Trinajstić information content (AvgIpc) is 3.66. The van der Waals surface area contributed by atoms with Crippen LogP contribution in [-0.2, 0) is 21.7 Å². The first kappa shape index (κ1) is 50.4. The lowest BCUT2D eigenvalue weighted by Gasteiger charge is -2.44. The van der Waals surface area contributed by atoms with Gasteiger partial charge in [0.05, 0.1) is 0 Å². The Hall–Kier alpha value is -8.40. The quantitative estimate of drug-likeness (QED) is 0.139. The highest BCUT2D eigenvalue weighted by Gasteiger charge is 2.43. The zero-order chi connectivity index (χ0) is 54.0. The summed E-state index contributed by atoms with van der Waals surface area (Å²) in [5.41, 5.74) is 24.9. The molecule has 1 N–H and O–H groups in total. The van der Waals surface area contributed by atoms with Crippen molar-refractivity contribution in [1.82, 2.24) is 0 Å². The molecular formula is C75H71N3. The molecule has 0 fully saturated rings. The lowest BCUT2D eigenvalue weighted by Crippen LogP contribution is -2.36. The molecule has 2 aliphatic rings. The number of para-hydroxylation sites is 2. The Balaban J connectivity index is 1.12. The monoisotopic (exact) mass is 1010 g/mol. The van der Waals surface area contributed by atoms with Crippen LogP contribution in [0.4, 0.5) is 45.5 Å². The van der Waals surface area contributed by atoms with E-state index < -0.39 is 0 Å². The average molecular weight is 1010 g/mol. The van der Waals surface area contributed by atoms with Gasteiger partial charge in [-0.2, -0.15) is 0 Å². The van der Waals surface area contributed by atoms with E-state index in [0.717, 1.165) is 74.9 Å². The summed E-state index contributed by atoms with van der Waals surface area (Å²) in [7, 11) is 0. The van der Waals surface area contributed by atoms with Gasteiger partial charge in [-0.05, 0) is 188 Å². The molecule has 0 radical (unpaired) electrons. The fourth-order valence-electron chi connectivity index (χ4n) is 12.8. The summed E-state index contributed by atoms with van der Waals surface area (Å²) in [6, 6.07) is 87.7. The Kier molecular flexibility index (Phi) is 12.6. The predicted octanol–water partition coefficient (Wildman–Crippen LogP) is 21.0. The van der Waals surface area contributed by atoms with E-state index in [9.17, 15) is 0 Å². The third-order valence-electron chi connectivity index (χ3n) is 17.4. The fraction of sp³-hybridized carbons (Fsp3) is 0.200. The molecule has 0 unspecified atom stereocenters. The standard InChI is InChI=1S/C75H71N3/c1-51-43-66-67(73(4,5)42-41-72(66,2)3)50-71(51)78(61-34-24-33-60(47-61)77(58-29-18-12-19-30-58)59-31-20-13-21-32-59)62-45-55(53-27-16-11-17-28-53)44-56(46-62)63-48-68-69(75(8,9)65-36-23-22-35-64(65)74(68,6)7)49-70(63)76-57-39-37-54(38-40-57)52-25-14-10-15-26-52/h10-40,43-50,76H,41-42H2,1-9H3. The summed E-state index contributed by atoms with van der Waals surface area (Å²) in [6.07, 6.45) is 2.28. The van der Waals surface area contributed by atoms with Crippen molar-refractivity contribution in [3.8, 4) is 33.4 Å². The number of anilines is 8. The molecule has 0 saturated carbocycles. The van der Waals surface area contributed by atoms with E-state index in [1.165, 1.54) is 55.8 Å². The van der Waals surface area contributed by atoms with E-state index in [-0.39, 0.29) is 21.7 Å². The van der Waals surface area contributed by atoms with Gasteiger partial charge in [0, 0.05) is 61.9 Å². The first-order valence-electron chi connectivity index (χ1n) is 28.0. The van der Waals surface area contributed by atoms with Crippen molar-refractivity contribution < 1.29 is 0 Å². The molecule has 0 aliphatic heterocycles. The zero-order valence-corrected chi connectivity index (χ0v) is 46.8. The molecule has 10 aromatic rings. The molecule has 78 heavy (non-hydrogen) atoms. The van der Waals surface area contributed by atoms with Crippen molar-refractivity contribution in [3.05, 3.63) is 276 Å². The largest absolute Gasteiger partial charge is 0.355 e. The number of nitrogens with zero attached hydrogens (tertiary/aromatic N) is 2. The number of hydrogen-bond acceptors (Lipinski definition) is 3. The van der Waals surface area contributed by atoms with Crippen LogP contribution in [0.2, 0.25) is 0 Å². The molecule has 0 amide bonds. The van der Waals surface area contributed by atoms with Crippen LogP contribution >= 0.6 is 0 Å². The molecular weight excluding hydrogens is 943 g/mol. The molecule has 386 valence electrons. The molecule has 0 saturated heterocycles. The molecule has 0 spiro atoms. The van der Waals surface area contributed by atoms with Crippen LogP contribution in [0.3, 0.4) is 0 Å². The minimum Gasteiger partial charge on any atom is -0.355 e. The van der Waals surface area contributed by atoms with Crippen molar-refractivity contribution in [2.75, 3.05) is 15.1 Å². The van der Waals surface area contributed by atoms with E-state index in [4.69, 9.17) is 0 Å². The lowest BCUT2D eigenvalue weighted by atomic mass is 9.59. The number of rotatable bonds is 11. The summed E-state index contributed by atoms with van der Waals surface area (Å²) in [6.45, 7) is 21.7. The van der Waals surface area contributed by atoms with E-state index in [2.05, 4.69) is 314 Å². The maximum atomic E-state index is 4.05. The number of hydrogen-bond donors (Lipinski definition) is 1. The van der Waals surface area contributed by atoms with E-state index in [1.807, 2.05) is 0 Å². The third-order valence-corrected chi connectivity index (χ3v) is 17.4. The fourth-order valence-corrected chi connectivity index (χ4v) is 12.8. The number of aryl methyl sites for hydroxylation is 1. The Morgan fingerprint density at radius 2 is 0.769 bits per heavy atom. The highest BCUT2D eigenvalue weighted by Crippen LogP contribution is 2.54. The smallest absolute Gasteiger partial charge is 0.0493 e. The van der Waals surface area contributed by atoms with Crippen molar-refractivity contribution in [2.24, 2.45) is 0 Å². The highest BCUT2D eigenvalue weighted by molar-refractivity contribution is 5.92. The zero-order valence-electron chi connectivity index (χ0n) is 46.8. The first-order valence-corrected chi connectivity index (χ1v) is 28.0. The van der Waals surface area contributed by atoms with Crippen LogP contribution in [0.1, 0.15) is 107 Å². The molecule has 2 aliphatic carbocycles. The van der Waals surface area contributed by atoms with Crippen LogP contribution in [0.5, 0.6) is 0 Å². The first-order chi connectivity index (χ1) is 37.6. The van der Waals surface area contributed by atoms with E-state index >= 15 is 0 Å². The van der Waals surface area contributed by atoms with Gasteiger partial charge in [-0.3, -0.25) is 0 Å². The SMILES string of the molecule is Cc1cc2c(cc1N(c1cc(-c3ccccc3)cc(-c3cc4c(cc3Nc3ccc(-c5ccccc5)cc3)C(C)(C)c3ccccc3C4(C)C)c1)c1cccc(N(c3ccccc3)c3ccccc3)c1)C(C)(C)CCC2(C)C. The number of fused-ring (bicyclic) bond motifs is 3. The minimum absolute atomic E-state index is 0.00249. The van der Waals surface area contributed by atoms with Gasteiger partial charge in [-0.25, -0.2) is 0 Å². The van der Waals surface area contributed by atoms with Crippen molar-refractivity contribution in [3.63, 3.8) is 0 Å². The topological polar surface area (TPSA) is 18.5 Å². The second kappa shape index (κ2) is 19.6. The van der Waals surface area contributed by atoms with Gasteiger partial charge in [-0.1, -0.05) is 201 Å². The molecule has 0 atom stereocenters. The Morgan fingerprint density at radius 1 is 0.321 bits per heavy atom. The highest BCUT2D eigenvalue weighted by atomic mass is 15.2. The van der Waals surface area contributed by atoms with Gasteiger partial charge >= 0.3 is 0 Å². The predicted molar refractivity (Wildman–Crippen MR) is 333 cm³/mol. The molecule has 3 heteroatoms. The Labute approximate surface area is 463 Å². The molecule has 0 heterocycles. The van der Waals surface area contributed by atoms with Gasteiger partial charge in [0.2, 0.25) is 0 Å². The summed E-state index contributed by atoms with van der Waals surface area (Å²) in [5.74, 6) is 0. The van der Waals surface area contributed by atoms with Gasteiger partial charge in [0.1, 0.15) is 0 Å². The third kappa shape index (κ3) is 9.09. The van der Waals surface area contributed by atoms with Crippen molar-refractivity contribution in [2.45, 2.75) is 96.8 Å². The minimum atomic E-state index is -0.261. The molecule has 10 aromatic carbocycles. The number of benzene rings is 10. The van der Waals surface area contributed by atoms with Gasteiger partial charge in [0.15, 0.2) is 0 Å². The lowest BCUT2D eigenvalue weighted by molar-refractivity contribution is 0.332. The summed E-state index contributed by atoms with van der Waals surface area (Å²) < 4.78 is 0. The van der Waals surface area contributed by atoms with Crippen LogP contribution in [0.25, 0.3) is 33.4 Å². The maximum Gasteiger partial charge on any atom is 0.0493 e. The van der Waals surface area contributed by atoms with Gasteiger partial charge < -0.3 is 15.1 Å². The Bertz CT molecular complexity index is 3770. The number of nitrogens with one attached hydrogen (secondary N) is 1. The van der Waals surface area contributed by atoms with Crippen LogP contribution in [0, 0.1) is 6.92 Å². The summed E-state index contributed by atoms with van der Waals surface area (Å²) in [5, 5.41) is 4.05. The van der Waals surface area contributed by atoms with Crippen LogP contribution in [0.15, 0.2) is 237 Å². The second-order valence-electron chi connectivity index (χ2n) is 24.3. The Morgan fingerprint density at radius 3 is 1.33 bits per heavy atom. The van der Waals surface area contributed by atoms with Gasteiger partial charge in [0.25, 0.3) is 0 Å².